The fraction of sp³-hybridized carbons (Fsp3) is 0.625. The molecule has 1 rings (SSSR count). The summed E-state index contributed by atoms with van der Waals surface area (Å²) in [4.78, 5) is 2.08. The van der Waals surface area contributed by atoms with Gasteiger partial charge in [0.2, 0.25) is 0 Å². The Hall–Kier alpha value is -1.09. The summed E-state index contributed by atoms with van der Waals surface area (Å²) in [5.41, 5.74) is 0.931. The molecule has 0 amide bonds. The van der Waals surface area contributed by atoms with Crippen LogP contribution in [-0.2, 0) is 0 Å². The van der Waals surface area contributed by atoms with E-state index < -0.39 is 0 Å². The molecule has 0 spiro atoms. The topological polar surface area (TPSA) is 15.3 Å². The molecular weight excluding hydrogens is 239 g/mol. The van der Waals surface area contributed by atoms with Crippen molar-refractivity contribution in [1.29, 1.82) is 0 Å². The predicted octanol–water partition coefficient (Wildman–Crippen LogP) is 3.82. The molecular formula is C16H27FN2. The standard InChI is InChI=1S/C16H27FN2/c1-4-5-6-8-14(2)18-11-12-19(3)16-10-7-9-15(17)13-16/h7,9-10,13-14,18H,4-6,8,11-12H2,1-3H3. The van der Waals surface area contributed by atoms with Gasteiger partial charge in [-0.2, -0.15) is 0 Å². The minimum Gasteiger partial charge on any atom is -0.373 e. The van der Waals surface area contributed by atoms with E-state index in [2.05, 4.69) is 24.1 Å². The predicted molar refractivity (Wildman–Crippen MR) is 81.3 cm³/mol. The fourth-order valence-corrected chi connectivity index (χ4v) is 2.12. The highest BCUT2D eigenvalue weighted by molar-refractivity contribution is 5.45. The van der Waals surface area contributed by atoms with Crippen molar-refractivity contribution in [2.24, 2.45) is 0 Å². The van der Waals surface area contributed by atoms with Gasteiger partial charge in [0.25, 0.3) is 0 Å². The van der Waals surface area contributed by atoms with E-state index in [-0.39, 0.29) is 5.82 Å². The van der Waals surface area contributed by atoms with E-state index in [1.807, 2.05) is 13.1 Å². The second-order valence-electron chi connectivity index (χ2n) is 5.25. The van der Waals surface area contributed by atoms with Crippen LogP contribution in [0.4, 0.5) is 10.1 Å². The minimum absolute atomic E-state index is 0.176. The van der Waals surface area contributed by atoms with E-state index in [1.165, 1.54) is 31.7 Å². The lowest BCUT2D eigenvalue weighted by Crippen LogP contribution is -2.34. The Morgan fingerprint density at radius 3 is 2.79 bits per heavy atom. The molecule has 1 unspecified atom stereocenters. The van der Waals surface area contributed by atoms with Crippen LogP contribution in [0.2, 0.25) is 0 Å². The van der Waals surface area contributed by atoms with Crippen molar-refractivity contribution in [3.8, 4) is 0 Å². The first-order valence-corrected chi connectivity index (χ1v) is 7.33. The van der Waals surface area contributed by atoms with Gasteiger partial charge < -0.3 is 10.2 Å². The van der Waals surface area contributed by atoms with Gasteiger partial charge in [-0.25, -0.2) is 4.39 Å². The molecule has 1 aromatic rings. The first-order chi connectivity index (χ1) is 9.13. The van der Waals surface area contributed by atoms with Crippen LogP contribution in [0.15, 0.2) is 24.3 Å². The Labute approximate surface area is 117 Å². The second kappa shape index (κ2) is 8.92. The zero-order chi connectivity index (χ0) is 14.1. The third-order valence-corrected chi connectivity index (χ3v) is 3.43. The summed E-state index contributed by atoms with van der Waals surface area (Å²) in [5.74, 6) is -0.176. The molecule has 1 atom stereocenters. The van der Waals surface area contributed by atoms with Gasteiger partial charge in [0.05, 0.1) is 0 Å². The monoisotopic (exact) mass is 266 g/mol. The summed E-state index contributed by atoms with van der Waals surface area (Å²) in [6.07, 6.45) is 5.12. The van der Waals surface area contributed by atoms with Gasteiger partial charge in [-0.05, 0) is 31.5 Å². The van der Waals surface area contributed by atoms with Crippen molar-refractivity contribution in [3.63, 3.8) is 0 Å². The van der Waals surface area contributed by atoms with Gasteiger partial charge in [0.1, 0.15) is 5.82 Å². The van der Waals surface area contributed by atoms with Crippen LogP contribution in [0.25, 0.3) is 0 Å². The Morgan fingerprint density at radius 2 is 2.11 bits per heavy atom. The van der Waals surface area contributed by atoms with Crippen LogP contribution >= 0.6 is 0 Å². The molecule has 0 saturated heterocycles. The Bertz CT molecular complexity index is 354. The van der Waals surface area contributed by atoms with E-state index in [4.69, 9.17) is 0 Å². The number of nitrogens with zero attached hydrogens (tertiary/aromatic N) is 1. The average molecular weight is 266 g/mol. The van der Waals surface area contributed by atoms with Crippen molar-refractivity contribution >= 4 is 5.69 Å². The van der Waals surface area contributed by atoms with Crippen molar-refractivity contribution in [2.45, 2.75) is 45.6 Å². The van der Waals surface area contributed by atoms with Crippen molar-refractivity contribution < 1.29 is 4.39 Å². The Morgan fingerprint density at radius 1 is 1.32 bits per heavy atom. The summed E-state index contributed by atoms with van der Waals surface area (Å²) in [6.45, 7) is 6.28. The number of nitrogens with one attached hydrogen (secondary N) is 1. The maximum Gasteiger partial charge on any atom is 0.125 e. The van der Waals surface area contributed by atoms with Gasteiger partial charge >= 0.3 is 0 Å². The molecule has 0 fully saturated rings. The number of halogens is 1. The summed E-state index contributed by atoms with van der Waals surface area (Å²) in [7, 11) is 2.00. The highest BCUT2D eigenvalue weighted by Crippen LogP contribution is 2.13. The summed E-state index contributed by atoms with van der Waals surface area (Å²) >= 11 is 0. The molecule has 0 aliphatic rings. The molecule has 1 aromatic carbocycles. The lowest BCUT2D eigenvalue weighted by Gasteiger charge is -2.21. The maximum atomic E-state index is 13.1. The second-order valence-corrected chi connectivity index (χ2v) is 5.25. The SMILES string of the molecule is CCCCCC(C)NCCN(C)c1cccc(F)c1. The van der Waals surface area contributed by atoms with Crippen molar-refractivity contribution in [2.75, 3.05) is 25.0 Å². The molecule has 1 N–H and O–H groups in total. The van der Waals surface area contributed by atoms with Crippen molar-refractivity contribution in [3.05, 3.63) is 30.1 Å². The van der Waals surface area contributed by atoms with Crippen LogP contribution in [0.1, 0.15) is 39.5 Å². The van der Waals surface area contributed by atoms with Crippen LogP contribution in [0.5, 0.6) is 0 Å². The van der Waals surface area contributed by atoms with E-state index >= 15 is 0 Å². The molecule has 0 heterocycles. The highest BCUT2D eigenvalue weighted by Gasteiger charge is 2.04. The Balaban J connectivity index is 2.21. The van der Waals surface area contributed by atoms with E-state index in [1.54, 1.807) is 12.1 Å². The van der Waals surface area contributed by atoms with E-state index in [0.29, 0.717) is 6.04 Å². The quantitative estimate of drug-likeness (QED) is 0.684. The van der Waals surface area contributed by atoms with Gasteiger partial charge in [-0.1, -0.05) is 32.3 Å². The first-order valence-electron chi connectivity index (χ1n) is 7.33. The van der Waals surface area contributed by atoms with Gasteiger partial charge in [-0.3, -0.25) is 0 Å². The molecule has 0 aliphatic carbocycles. The number of hydrogen-bond donors (Lipinski definition) is 1. The molecule has 0 aliphatic heterocycles. The molecule has 0 radical (unpaired) electrons. The van der Waals surface area contributed by atoms with Crippen LogP contribution in [0.3, 0.4) is 0 Å². The molecule has 0 bridgehead atoms. The molecule has 2 nitrogen and oxygen atoms in total. The fourth-order valence-electron chi connectivity index (χ4n) is 2.12. The van der Waals surface area contributed by atoms with E-state index in [9.17, 15) is 4.39 Å². The minimum atomic E-state index is -0.176. The van der Waals surface area contributed by atoms with Gasteiger partial charge in [-0.15, -0.1) is 0 Å². The van der Waals surface area contributed by atoms with Gasteiger partial charge in [0, 0.05) is 31.9 Å². The number of hydrogen-bond acceptors (Lipinski definition) is 2. The number of benzene rings is 1. The largest absolute Gasteiger partial charge is 0.373 e. The molecule has 19 heavy (non-hydrogen) atoms. The number of anilines is 1. The lowest BCUT2D eigenvalue weighted by atomic mass is 10.1. The molecule has 108 valence electrons. The summed E-state index contributed by atoms with van der Waals surface area (Å²) < 4.78 is 13.1. The highest BCUT2D eigenvalue weighted by atomic mass is 19.1. The summed E-state index contributed by atoms with van der Waals surface area (Å²) in [5, 5.41) is 3.52. The zero-order valence-corrected chi connectivity index (χ0v) is 12.5. The van der Waals surface area contributed by atoms with Crippen LogP contribution in [0, 0.1) is 5.82 Å². The number of likely N-dealkylation sites (N-methyl/N-ethyl adjacent to an activating group) is 1. The third kappa shape index (κ3) is 6.58. The van der Waals surface area contributed by atoms with Crippen molar-refractivity contribution in [1.82, 2.24) is 5.32 Å². The molecule has 3 heteroatoms. The van der Waals surface area contributed by atoms with E-state index in [0.717, 1.165) is 18.8 Å². The Kier molecular flexibility index (Phi) is 7.49. The number of rotatable bonds is 9. The van der Waals surface area contributed by atoms with Crippen LogP contribution < -0.4 is 10.2 Å². The normalized spacial score (nSPS) is 12.4. The van der Waals surface area contributed by atoms with Crippen LogP contribution in [-0.4, -0.2) is 26.2 Å². The molecule has 0 aromatic heterocycles. The average Bonchev–Trinajstić information content (AvgIpc) is 2.39. The lowest BCUT2D eigenvalue weighted by molar-refractivity contribution is 0.491. The number of unbranched alkanes of at least 4 members (excludes halogenated alkanes) is 2. The maximum absolute atomic E-state index is 13.1. The van der Waals surface area contributed by atoms with Gasteiger partial charge in [0.15, 0.2) is 0 Å². The summed E-state index contributed by atoms with van der Waals surface area (Å²) in [6, 6.07) is 7.30. The zero-order valence-electron chi connectivity index (χ0n) is 12.5. The third-order valence-electron chi connectivity index (χ3n) is 3.43. The first kappa shape index (κ1) is 16.0. The molecule has 0 saturated carbocycles. The smallest absolute Gasteiger partial charge is 0.125 e.